The average Bonchev–Trinajstić information content (AvgIpc) is 3.13. The first-order chi connectivity index (χ1) is 13.1. The molecule has 2 aromatic carbocycles. The number of hydrogen-bond acceptors (Lipinski definition) is 4. The van der Waals surface area contributed by atoms with Crippen LogP contribution in [0.5, 0.6) is 11.5 Å². The van der Waals surface area contributed by atoms with Crippen LogP contribution in [0.15, 0.2) is 53.9 Å². The van der Waals surface area contributed by atoms with E-state index >= 15 is 0 Å². The lowest BCUT2D eigenvalue weighted by Gasteiger charge is -2.10. The number of rotatable bonds is 7. The molecular formula is C20H17ClFNO3S. The summed E-state index contributed by atoms with van der Waals surface area (Å²) in [4.78, 5) is 12.9. The van der Waals surface area contributed by atoms with Gasteiger partial charge in [-0.1, -0.05) is 23.7 Å². The Hall–Kier alpha value is -2.57. The van der Waals surface area contributed by atoms with Crippen LogP contribution in [0.1, 0.15) is 22.2 Å². The quantitative estimate of drug-likeness (QED) is 0.542. The van der Waals surface area contributed by atoms with Crippen LogP contribution in [0.3, 0.4) is 0 Å². The van der Waals surface area contributed by atoms with Crippen LogP contribution in [0.4, 0.5) is 10.1 Å². The molecule has 3 aromatic rings. The van der Waals surface area contributed by atoms with Gasteiger partial charge in [0.05, 0.1) is 16.5 Å². The van der Waals surface area contributed by atoms with Gasteiger partial charge in [0.15, 0.2) is 11.5 Å². The van der Waals surface area contributed by atoms with Crippen LogP contribution in [-0.4, -0.2) is 12.5 Å². The number of anilines is 1. The number of hydrogen-bond donors (Lipinski definition) is 1. The zero-order valence-electron chi connectivity index (χ0n) is 14.5. The van der Waals surface area contributed by atoms with Crippen molar-refractivity contribution in [1.82, 2.24) is 0 Å². The van der Waals surface area contributed by atoms with E-state index in [0.29, 0.717) is 35.3 Å². The number of benzene rings is 2. The average molecular weight is 406 g/mol. The molecule has 140 valence electrons. The van der Waals surface area contributed by atoms with Crippen molar-refractivity contribution >= 4 is 34.5 Å². The lowest BCUT2D eigenvalue weighted by atomic mass is 10.3. The van der Waals surface area contributed by atoms with E-state index in [0.717, 1.165) is 5.56 Å². The number of para-hydroxylation sites is 2. The molecule has 0 spiro atoms. The highest BCUT2D eigenvalue weighted by Gasteiger charge is 2.12. The maximum atomic E-state index is 13.2. The third-order valence-corrected chi connectivity index (χ3v) is 4.87. The number of halogens is 2. The molecule has 1 N–H and O–H groups in total. The van der Waals surface area contributed by atoms with E-state index in [1.165, 1.54) is 29.5 Å². The van der Waals surface area contributed by atoms with Gasteiger partial charge in [-0.2, -0.15) is 0 Å². The zero-order chi connectivity index (χ0) is 19.2. The van der Waals surface area contributed by atoms with Gasteiger partial charge in [0.25, 0.3) is 5.91 Å². The molecule has 1 aromatic heterocycles. The van der Waals surface area contributed by atoms with Gasteiger partial charge in [-0.25, -0.2) is 4.39 Å². The predicted molar refractivity (Wildman–Crippen MR) is 106 cm³/mol. The van der Waals surface area contributed by atoms with E-state index < -0.39 is 5.82 Å². The highest BCUT2D eigenvalue weighted by Crippen LogP contribution is 2.28. The van der Waals surface area contributed by atoms with E-state index in [4.69, 9.17) is 21.1 Å². The normalized spacial score (nSPS) is 10.5. The molecule has 0 aliphatic rings. The van der Waals surface area contributed by atoms with Crippen molar-refractivity contribution in [3.63, 3.8) is 0 Å². The standard InChI is InChI=1S/C20H17ClFNO3S/c1-2-25-17-5-3-4-6-18(17)26-11-13-9-19(27-12-13)20(24)23-14-7-8-16(22)15(21)10-14/h3-10,12H,2,11H2,1H3,(H,23,24). The van der Waals surface area contributed by atoms with E-state index in [-0.39, 0.29) is 10.9 Å². The topological polar surface area (TPSA) is 47.6 Å². The molecule has 0 unspecified atom stereocenters. The van der Waals surface area contributed by atoms with Gasteiger partial charge >= 0.3 is 0 Å². The summed E-state index contributed by atoms with van der Waals surface area (Å²) in [5.74, 6) is 0.514. The summed E-state index contributed by atoms with van der Waals surface area (Å²) in [7, 11) is 0. The summed E-state index contributed by atoms with van der Waals surface area (Å²) in [5.41, 5.74) is 1.30. The molecule has 4 nitrogen and oxygen atoms in total. The summed E-state index contributed by atoms with van der Waals surface area (Å²) in [6.07, 6.45) is 0. The Morgan fingerprint density at radius 1 is 1.15 bits per heavy atom. The van der Waals surface area contributed by atoms with E-state index in [1.54, 1.807) is 6.07 Å². The number of nitrogens with one attached hydrogen (secondary N) is 1. The number of thiophene rings is 1. The van der Waals surface area contributed by atoms with Crippen molar-refractivity contribution in [3.05, 3.63) is 75.2 Å². The van der Waals surface area contributed by atoms with E-state index in [9.17, 15) is 9.18 Å². The van der Waals surface area contributed by atoms with Crippen LogP contribution in [0.25, 0.3) is 0 Å². The predicted octanol–water partition coefficient (Wildman–Crippen LogP) is 5.77. The Bertz CT molecular complexity index is 944. The van der Waals surface area contributed by atoms with Crippen LogP contribution in [-0.2, 0) is 6.61 Å². The lowest BCUT2D eigenvalue weighted by Crippen LogP contribution is -2.10. The number of ether oxygens (including phenoxy) is 2. The maximum Gasteiger partial charge on any atom is 0.265 e. The first kappa shape index (κ1) is 19.2. The van der Waals surface area contributed by atoms with E-state index in [2.05, 4.69) is 5.32 Å². The molecule has 0 fully saturated rings. The van der Waals surface area contributed by atoms with Gasteiger partial charge in [0.2, 0.25) is 0 Å². The fourth-order valence-electron chi connectivity index (χ4n) is 2.34. The highest BCUT2D eigenvalue weighted by molar-refractivity contribution is 7.12. The molecule has 27 heavy (non-hydrogen) atoms. The van der Waals surface area contributed by atoms with Gasteiger partial charge in [-0.3, -0.25) is 4.79 Å². The summed E-state index contributed by atoms with van der Waals surface area (Å²) in [5, 5.41) is 4.52. The van der Waals surface area contributed by atoms with Crippen LogP contribution < -0.4 is 14.8 Å². The van der Waals surface area contributed by atoms with Gasteiger partial charge in [-0.05, 0) is 48.7 Å². The molecule has 7 heteroatoms. The molecule has 0 bridgehead atoms. The minimum Gasteiger partial charge on any atom is -0.490 e. The first-order valence-electron chi connectivity index (χ1n) is 8.25. The molecule has 1 heterocycles. The Labute approximate surface area is 165 Å². The monoisotopic (exact) mass is 405 g/mol. The molecule has 3 rings (SSSR count). The van der Waals surface area contributed by atoms with Crippen molar-refractivity contribution in [1.29, 1.82) is 0 Å². The largest absolute Gasteiger partial charge is 0.490 e. The minimum atomic E-state index is -0.530. The molecular weight excluding hydrogens is 389 g/mol. The molecule has 0 saturated carbocycles. The lowest BCUT2D eigenvalue weighted by molar-refractivity contribution is 0.103. The molecule has 0 aliphatic heterocycles. The van der Waals surface area contributed by atoms with Crippen LogP contribution in [0.2, 0.25) is 5.02 Å². The van der Waals surface area contributed by atoms with Crippen molar-refractivity contribution in [3.8, 4) is 11.5 Å². The summed E-state index contributed by atoms with van der Waals surface area (Å²) < 4.78 is 24.5. The molecule has 0 saturated heterocycles. The van der Waals surface area contributed by atoms with Crippen molar-refractivity contribution in [2.24, 2.45) is 0 Å². The third kappa shape index (κ3) is 4.99. The smallest absolute Gasteiger partial charge is 0.265 e. The Kier molecular flexibility index (Phi) is 6.32. The molecule has 0 aliphatic carbocycles. The van der Waals surface area contributed by atoms with E-state index in [1.807, 2.05) is 36.6 Å². The maximum absolute atomic E-state index is 13.2. The van der Waals surface area contributed by atoms with Gasteiger partial charge < -0.3 is 14.8 Å². The number of carbonyl (C=O) groups excluding carboxylic acids is 1. The van der Waals surface area contributed by atoms with Gasteiger partial charge in [0, 0.05) is 11.3 Å². The Morgan fingerprint density at radius 2 is 1.89 bits per heavy atom. The second kappa shape index (κ2) is 8.88. The van der Waals surface area contributed by atoms with Crippen molar-refractivity contribution in [2.75, 3.05) is 11.9 Å². The fourth-order valence-corrected chi connectivity index (χ4v) is 3.31. The molecule has 0 radical (unpaired) electrons. The van der Waals surface area contributed by atoms with Crippen LogP contribution >= 0.6 is 22.9 Å². The van der Waals surface area contributed by atoms with Crippen LogP contribution in [0, 0.1) is 5.82 Å². The third-order valence-electron chi connectivity index (χ3n) is 3.60. The zero-order valence-corrected chi connectivity index (χ0v) is 16.1. The molecule has 1 amide bonds. The Balaban J connectivity index is 1.62. The van der Waals surface area contributed by atoms with Crippen molar-refractivity contribution in [2.45, 2.75) is 13.5 Å². The first-order valence-corrected chi connectivity index (χ1v) is 9.51. The summed E-state index contributed by atoms with van der Waals surface area (Å²) in [6.45, 7) is 2.78. The fraction of sp³-hybridized carbons (Fsp3) is 0.150. The molecule has 0 atom stereocenters. The van der Waals surface area contributed by atoms with Crippen molar-refractivity contribution < 1.29 is 18.7 Å². The summed E-state index contributed by atoms with van der Waals surface area (Å²) in [6, 6.07) is 13.2. The highest BCUT2D eigenvalue weighted by atomic mass is 35.5. The summed E-state index contributed by atoms with van der Waals surface area (Å²) >= 11 is 7.04. The second-order valence-electron chi connectivity index (χ2n) is 5.57. The number of amides is 1. The Morgan fingerprint density at radius 3 is 2.59 bits per heavy atom. The van der Waals surface area contributed by atoms with Gasteiger partial charge in [-0.15, -0.1) is 11.3 Å². The van der Waals surface area contributed by atoms with Gasteiger partial charge in [0.1, 0.15) is 12.4 Å². The number of carbonyl (C=O) groups is 1. The SMILES string of the molecule is CCOc1ccccc1OCc1csc(C(=O)Nc2ccc(F)c(Cl)c2)c1. The second-order valence-corrected chi connectivity index (χ2v) is 6.89. The minimum absolute atomic E-state index is 0.0407.